The van der Waals surface area contributed by atoms with Crippen LogP contribution in [-0.2, 0) is 0 Å². The van der Waals surface area contributed by atoms with Crippen molar-refractivity contribution in [3.05, 3.63) is 12.2 Å². The Balaban J connectivity index is 3.66. The number of nitrogens with two attached hydrogens (primary N) is 2. The van der Waals surface area contributed by atoms with Crippen LogP contribution in [0.25, 0.3) is 0 Å². The van der Waals surface area contributed by atoms with E-state index in [0.29, 0.717) is 0 Å². The Hall–Kier alpha value is -0.340. The molecule has 0 rings (SSSR count). The second-order valence-electron chi connectivity index (χ2n) is 4.86. The maximum atomic E-state index is 5.80. The highest BCUT2D eigenvalue weighted by atomic mass is 14.7. The minimum atomic E-state index is -0.102. The summed E-state index contributed by atoms with van der Waals surface area (Å²) in [6.07, 6.45) is 6.02. The first kappa shape index (κ1) is 11.7. The van der Waals surface area contributed by atoms with Crippen molar-refractivity contribution in [3.8, 4) is 0 Å². The Morgan fingerprint density at radius 1 is 0.833 bits per heavy atom. The molecule has 0 aromatic heterocycles. The Kier molecular flexibility index (Phi) is 3.94. The van der Waals surface area contributed by atoms with Crippen molar-refractivity contribution in [1.82, 2.24) is 0 Å². The molecule has 0 bridgehead atoms. The number of hydrogen-bond acceptors (Lipinski definition) is 2. The molecule has 0 fully saturated rings. The molecule has 0 heterocycles. The average Bonchev–Trinajstić information content (AvgIpc) is 1.76. The van der Waals surface area contributed by atoms with Gasteiger partial charge >= 0.3 is 0 Å². The lowest BCUT2D eigenvalue weighted by atomic mass is 9.99. The molecule has 0 aliphatic carbocycles. The Labute approximate surface area is 76.0 Å². The third-order valence-electron chi connectivity index (χ3n) is 1.45. The molecule has 12 heavy (non-hydrogen) atoms. The maximum Gasteiger partial charge on any atom is 0.0132 e. The van der Waals surface area contributed by atoms with Crippen molar-refractivity contribution in [2.45, 2.75) is 51.6 Å². The second-order valence-corrected chi connectivity index (χ2v) is 4.86. The monoisotopic (exact) mass is 170 g/mol. The number of rotatable bonds is 4. The van der Waals surface area contributed by atoms with Gasteiger partial charge in [-0.3, -0.25) is 0 Å². The van der Waals surface area contributed by atoms with Gasteiger partial charge in [0.05, 0.1) is 0 Å². The van der Waals surface area contributed by atoms with Gasteiger partial charge in [0, 0.05) is 11.1 Å². The van der Waals surface area contributed by atoms with Gasteiger partial charge in [-0.2, -0.15) is 0 Å². The van der Waals surface area contributed by atoms with E-state index in [1.807, 2.05) is 27.7 Å². The molecule has 0 amide bonds. The summed E-state index contributed by atoms with van der Waals surface area (Å²) in [5, 5.41) is 0. The van der Waals surface area contributed by atoms with Crippen molar-refractivity contribution >= 4 is 0 Å². The van der Waals surface area contributed by atoms with Gasteiger partial charge in [-0.25, -0.2) is 0 Å². The van der Waals surface area contributed by atoms with Gasteiger partial charge in [-0.1, -0.05) is 12.2 Å². The smallest absolute Gasteiger partial charge is 0.0132 e. The summed E-state index contributed by atoms with van der Waals surface area (Å²) in [7, 11) is 0. The molecule has 2 heteroatoms. The van der Waals surface area contributed by atoms with E-state index in [1.54, 1.807) is 0 Å². The van der Waals surface area contributed by atoms with E-state index in [1.165, 1.54) is 0 Å². The summed E-state index contributed by atoms with van der Waals surface area (Å²) in [4.78, 5) is 0. The molecular weight excluding hydrogens is 148 g/mol. The largest absolute Gasteiger partial charge is 0.325 e. The first-order valence-corrected chi connectivity index (χ1v) is 4.43. The van der Waals surface area contributed by atoms with Crippen LogP contribution >= 0.6 is 0 Å². The molecule has 4 N–H and O–H groups in total. The summed E-state index contributed by atoms with van der Waals surface area (Å²) in [5.74, 6) is 0. The van der Waals surface area contributed by atoms with Crippen molar-refractivity contribution in [3.63, 3.8) is 0 Å². The average molecular weight is 170 g/mol. The fraction of sp³-hybridized carbons (Fsp3) is 0.800. The minimum absolute atomic E-state index is 0.102. The molecule has 0 spiro atoms. The summed E-state index contributed by atoms with van der Waals surface area (Å²) in [6.45, 7) is 8.08. The van der Waals surface area contributed by atoms with E-state index in [0.717, 1.165) is 12.8 Å². The molecule has 0 aromatic rings. The van der Waals surface area contributed by atoms with Crippen LogP contribution < -0.4 is 11.5 Å². The lowest BCUT2D eigenvalue weighted by Gasteiger charge is -2.17. The highest BCUT2D eigenvalue weighted by Gasteiger charge is 2.09. The third kappa shape index (κ3) is 9.66. The van der Waals surface area contributed by atoms with Crippen molar-refractivity contribution < 1.29 is 0 Å². The molecule has 0 aliphatic heterocycles. The molecular formula is C10H22N2. The van der Waals surface area contributed by atoms with Crippen molar-refractivity contribution in [1.29, 1.82) is 0 Å². The van der Waals surface area contributed by atoms with Crippen molar-refractivity contribution in [2.24, 2.45) is 11.5 Å². The summed E-state index contributed by atoms with van der Waals surface area (Å²) < 4.78 is 0. The van der Waals surface area contributed by atoms with Gasteiger partial charge in [0.25, 0.3) is 0 Å². The van der Waals surface area contributed by atoms with E-state index in [9.17, 15) is 0 Å². The molecule has 0 atom stereocenters. The van der Waals surface area contributed by atoms with Crippen LogP contribution in [0.5, 0.6) is 0 Å². The summed E-state index contributed by atoms with van der Waals surface area (Å²) in [6, 6.07) is 0. The highest BCUT2D eigenvalue weighted by molar-refractivity contribution is 4.93. The van der Waals surface area contributed by atoms with E-state index in [4.69, 9.17) is 11.5 Å². The van der Waals surface area contributed by atoms with Gasteiger partial charge in [-0.15, -0.1) is 0 Å². The topological polar surface area (TPSA) is 52.0 Å². The first-order valence-electron chi connectivity index (χ1n) is 4.43. The first-order chi connectivity index (χ1) is 5.21. The normalized spacial score (nSPS) is 14.2. The van der Waals surface area contributed by atoms with Crippen LogP contribution in [-0.4, -0.2) is 11.1 Å². The number of hydrogen-bond donors (Lipinski definition) is 2. The Morgan fingerprint density at radius 3 is 1.25 bits per heavy atom. The summed E-state index contributed by atoms with van der Waals surface area (Å²) >= 11 is 0. The predicted octanol–water partition coefficient (Wildman–Crippen LogP) is 1.80. The van der Waals surface area contributed by atoms with E-state index >= 15 is 0 Å². The fourth-order valence-corrected chi connectivity index (χ4v) is 0.774. The van der Waals surface area contributed by atoms with Crippen LogP contribution in [0.4, 0.5) is 0 Å². The van der Waals surface area contributed by atoms with Crippen molar-refractivity contribution in [2.75, 3.05) is 0 Å². The van der Waals surface area contributed by atoms with Gasteiger partial charge < -0.3 is 11.5 Å². The third-order valence-corrected chi connectivity index (χ3v) is 1.45. The zero-order valence-corrected chi connectivity index (χ0v) is 8.72. The van der Waals surface area contributed by atoms with E-state index in [2.05, 4.69) is 12.2 Å². The Morgan fingerprint density at radius 2 is 1.08 bits per heavy atom. The van der Waals surface area contributed by atoms with Crippen LogP contribution in [0, 0.1) is 0 Å². The van der Waals surface area contributed by atoms with Gasteiger partial charge in [0.1, 0.15) is 0 Å². The zero-order valence-electron chi connectivity index (χ0n) is 8.72. The standard InChI is InChI=1S/C10H22N2/c1-9(2,11)7-5-6-8-10(3,4)12/h5-6H,7-8,11-12H2,1-4H3/b6-5-. The molecule has 0 saturated heterocycles. The fourth-order valence-electron chi connectivity index (χ4n) is 0.774. The summed E-state index contributed by atoms with van der Waals surface area (Å²) in [5.41, 5.74) is 11.4. The molecule has 0 radical (unpaired) electrons. The highest BCUT2D eigenvalue weighted by Crippen LogP contribution is 2.08. The predicted molar refractivity (Wildman–Crippen MR) is 54.9 cm³/mol. The van der Waals surface area contributed by atoms with Crippen LogP contribution in [0.3, 0.4) is 0 Å². The molecule has 0 aromatic carbocycles. The van der Waals surface area contributed by atoms with Crippen LogP contribution in [0.15, 0.2) is 12.2 Å². The van der Waals surface area contributed by atoms with E-state index in [-0.39, 0.29) is 11.1 Å². The minimum Gasteiger partial charge on any atom is -0.325 e. The molecule has 2 nitrogen and oxygen atoms in total. The van der Waals surface area contributed by atoms with Crippen LogP contribution in [0.1, 0.15) is 40.5 Å². The second kappa shape index (κ2) is 4.06. The molecule has 0 unspecified atom stereocenters. The van der Waals surface area contributed by atoms with Crippen LogP contribution in [0.2, 0.25) is 0 Å². The zero-order chi connectivity index (χ0) is 9.83. The molecule has 0 aliphatic rings. The lowest BCUT2D eigenvalue weighted by Crippen LogP contribution is -2.32. The van der Waals surface area contributed by atoms with E-state index < -0.39 is 0 Å². The quantitative estimate of drug-likeness (QED) is 0.632. The SMILES string of the molecule is CC(C)(N)C/C=C\CC(C)(C)N. The Bertz CT molecular complexity index is 128. The molecule has 0 saturated carbocycles. The van der Waals surface area contributed by atoms with Gasteiger partial charge in [0.15, 0.2) is 0 Å². The van der Waals surface area contributed by atoms with Gasteiger partial charge in [-0.05, 0) is 40.5 Å². The lowest BCUT2D eigenvalue weighted by molar-refractivity contribution is 0.513. The van der Waals surface area contributed by atoms with Gasteiger partial charge in [0.2, 0.25) is 0 Å². The maximum absolute atomic E-state index is 5.80. The molecule has 72 valence electrons.